The minimum absolute atomic E-state index is 0.0266. The summed E-state index contributed by atoms with van der Waals surface area (Å²) in [6.45, 7) is 1.92. The summed E-state index contributed by atoms with van der Waals surface area (Å²) in [5, 5.41) is 13.8. The molecule has 1 amide bonds. The third-order valence-electron chi connectivity index (χ3n) is 3.48. The molecule has 0 atom stereocenters. The molecule has 18 heavy (non-hydrogen) atoms. The lowest BCUT2D eigenvalue weighted by Crippen LogP contribution is -2.38. The van der Waals surface area contributed by atoms with E-state index in [1.165, 1.54) is 11.3 Å². The van der Waals surface area contributed by atoms with E-state index in [-0.39, 0.29) is 17.9 Å². The molecule has 1 fully saturated rings. The zero-order chi connectivity index (χ0) is 13.1. The third-order valence-corrected chi connectivity index (χ3v) is 4.50. The maximum atomic E-state index is 12.0. The molecule has 0 spiro atoms. The zero-order valence-corrected chi connectivity index (χ0v) is 11.1. The number of nitrogens with one attached hydrogen (secondary N) is 1. The molecule has 0 saturated heterocycles. The maximum absolute atomic E-state index is 12.0. The van der Waals surface area contributed by atoms with Crippen LogP contribution in [0.3, 0.4) is 0 Å². The molecule has 4 nitrogen and oxygen atoms in total. The standard InChI is InChI=1S/C13H17NO3S/c1-8-6-7-18-11(8)12(15)14-10-4-2-9(3-5-10)13(16)17/h6-7,9-10H,2-5H2,1H3,(H,14,15)(H,16,17). The van der Waals surface area contributed by atoms with Crippen LogP contribution < -0.4 is 5.32 Å². The van der Waals surface area contributed by atoms with Crippen LogP contribution in [0.15, 0.2) is 11.4 Å². The number of carbonyl (C=O) groups excluding carboxylic acids is 1. The highest BCUT2D eigenvalue weighted by atomic mass is 32.1. The van der Waals surface area contributed by atoms with Crippen LogP contribution in [0, 0.1) is 12.8 Å². The normalized spacial score (nSPS) is 23.6. The fraction of sp³-hybridized carbons (Fsp3) is 0.538. The summed E-state index contributed by atoms with van der Waals surface area (Å²) in [4.78, 5) is 23.6. The molecule has 2 N–H and O–H groups in total. The average molecular weight is 267 g/mol. The Bertz CT molecular complexity index is 447. The molecule has 1 heterocycles. The first-order chi connectivity index (χ1) is 8.58. The van der Waals surface area contributed by atoms with Crippen LogP contribution >= 0.6 is 11.3 Å². The first-order valence-electron chi connectivity index (χ1n) is 6.15. The summed E-state index contributed by atoms with van der Waals surface area (Å²) in [6.07, 6.45) is 2.83. The van der Waals surface area contributed by atoms with Crippen molar-refractivity contribution in [3.8, 4) is 0 Å². The van der Waals surface area contributed by atoms with Crippen molar-refractivity contribution in [2.75, 3.05) is 0 Å². The highest BCUT2D eigenvalue weighted by Gasteiger charge is 2.27. The van der Waals surface area contributed by atoms with E-state index in [1.54, 1.807) is 0 Å². The van der Waals surface area contributed by atoms with Gasteiger partial charge in [-0.3, -0.25) is 9.59 Å². The highest BCUT2D eigenvalue weighted by Crippen LogP contribution is 2.25. The molecule has 1 aliphatic carbocycles. The van der Waals surface area contributed by atoms with E-state index in [0.29, 0.717) is 12.8 Å². The van der Waals surface area contributed by atoms with Crippen molar-refractivity contribution in [3.05, 3.63) is 21.9 Å². The smallest absolute Gasteiger partial charge is 0.306 e. The van der Waals surface area contributed by atoms with Gasteiger partial charge >= 0.3 is 5.97 Å². The predicted molar refractivity (Wildman–Crippen MR) is 69.9 cm³/mol. The van der Waals surface area contributed by atoms with Gasteiger partial charge in [0.25, 0.3) is 5.91 Å². The molecule has 0 unspecified atom stereocenters. The second-order valence-electron chi connectivity index (χ2n) is 4.79. The van der Waals surface area contributed by atoms with Gasteiger partial charge in [-0.25, -0.2) is 0 Å². The Morgan fingerprint density at radius 1 is 1.33 bits per heavy atom. The number of carbonyl (C=O) groups is 2. The lowest BCUT2D eigenvalue weighted by Gasteiger charge is -2.26. The number of amides is 1. The Kier molecular flexibility index (Phi) is 4.01. The first kappa shape index (κ1) is 13.1. The minimum Gasteiger partial charge on any atom is -0.481 e. The molecule has 0 aromatic carbocycles. The van der Waals surface area contributed by atoms with Crippen molar-refractivity contribution in [2.45, 2.75) is 38.6 Å². The Morgan fingerprint density at radius 2 is 2.00 bits per heavy atom. The highest BCUT2D eigenvalue weighted by molar-refractivity contribution is 7.12. The number of carboxylic acids is 1. The topological polar surface area (TPSA) is 66.4 Å². The van der Waals surface area contributed by atoms with Gasteiger partial charge in [-0.15, -0.1) is 11.3 Å². The minimum atomic E-state index is -0.714. The molecule has 0 bridgehead atoms. The van der Waals surface area contributed by atoms with Gasteiger partial charge < -0.3 is 10.4 Å². The number of carboxylic acid groups (broad SMARTS) is 1. The molecule has 5 heteroatoms. The van der Waals surface area contributed by atoms with E-state index in [2.05, 4.69) is 5.32 Å². The number of aliphatic carboxylic acids is 1. The van der Waals surface area contributed by atoms with Crippen molar-refractivity contribution in [1.29, 1.82) is 0 Å². The summed E-state index contributed by atoms with van der Waals surface area (Å²) in [5.41, 5.74) is 0.997. The molecule has 98 valence electrons. The third kappa shape index (κ3) is 2.90. The van der Waals surface area contributed by atoms with E-state index < -0.39 is 5.97 Å². The SMILES string of the molecule is Cc1ccsc1C(=O)NC1CCC(C(=O)O)CC1. The van der Waals surface area contributed by atoms with Gasteiger partial charge in [0.1, 0.15) is 0 Å². The predicted octanol–water partition coefficient (Wildman–Crippen LogP) is 2.43. The van der Waals surface area contributed by atoms with E-state index in [9.17, 15) is 9.59 Å². The summed E-state index contributed by atoms with van der Waals surface area (Å²) in [6, 6.07) is 2.05. The summed E-state index contributed by atoms with van der Waals surface area (Å²) in [5.74, 6) is -0.975. The molecule has 1 saturated carbocycles. The van der Waals surface area contributed by atoms with E-state index in [4.69, 9.17) is 5.11 Å². The molecule has 2 rings (SSSR count). The van der Waals surface area contributed by atoms with Crippen molar-refractivity contribution in [2.24, 2.45) is 5.92 Å². The monoisotopic (exact) mass is 267 g/mol. The Morgan fingerprint density at radius 3 is 2.50 bits per heavy atom. The molecular weight excluding hydrogens is 250 g/mol. The summed E-state index contributed by atoms with van der Waals surface area (Å²) in [7, 11) is 0. The maximum Gasteiger partial charge on any atom is 0.306 e. The summed E-state index contributed by atoms with van der Waals surface area (Å²) < 4.78 is 0. The van der Waals surface area contributed by atoms with Gasteiger partial charge in [0, 0.05) is 6.04 Å². The molecule has 1 aliphatic rings. The Balaban J connectivity index is 1.87. The van der Waals surface area contributed by atoms with Gasteiger partial charge in [-0.05, 0) is 49.6 Å². The molecule has 1 aromatic heterocycles. The van der Waals surface area contributed by atoms with Crippen LogP contribution in [0.5, 0.6) is 0 Å². The van der Waals surface area contributed by atoms with Crippen LogP contribution in [-0.2, 0) is 4.79 Å². The number of aryl methyl sites for hydroxylation is 1. The quantitative estimate of drug-likeness (QED) is 0.884. The fourth-order valence-electron chi connectivity index (χ4n) is 2.34. The van der Waals surface area contributed by atoms with Gasteiger partial charge in [0.05, 0.1) is 10.8 Å². The van der Waals surface area contributed by atoms with Crippen LogP contribution in [-0.4, -0.2) is 23.0 Å². The second-order valence-corrected chi connectivity index (χ2v) is 5.71. The van der Waals surface area contributed by atoms with Gasteiger partial charge in [0.2, 0.25) is 0 Å². The zero-order valence-electron chi connectivity index (χ0n) is 10.3. The molecule has 0 aliphatic heterocycles. The van der Waals surface area contributed by atoms with Crippen LogP contribution in [0.25, 0.3) is 0 Å². The molecule has 1 aromatic rings. The fourth-order valence-corrected chi connectivity index (χ4v) is 3.17. The van der Waals surface area contributed by atoms with E-state index in [0.717, 1.165) is 23.3 Å². The lowest BCUT2D eigenvalue weighted by molar-refractivity contribution is -0.142. The van der Waals surface area contributed by atoms with E-state index in [1.807, 2.05) is 18.4 Å². The number of thiophene rings is 1. The second kappa shape index (κ2) is 5.52. The molecule has 0 radical (unpaired) electrons. The Hall–Kier alpha value is -1.36. The Labute approximate surface area is 110 Å². The van der Waals surface area contributed by atoms with E-state index >= 15 is 0 Å². The molecular formula is C13H17NO3S. The van der Waals surface area contributed by atoms with Crippen LogP contribution in [0.4, 0.5) is 0 Å². The van der Waals surface area contributed by atoms with Crippen LogP contribution in [0.1, 0.15) is 40.9 Å². The van der Waals surface area contributed by atoms with Crippen LogP contribution in [0.2, 0.25) is 0 Å². The number of rotatable bonds is 3. The van der Waals surface area contributed by atoms with Crippen molar-refractivity contribution < 1.29 is 14.7 Å². The number of hydrogen-bond donors (Lipinski definition) is 2. The average Bonchev–Trinajstić information content (AvgIpc) is 2.76. The van der Waals surface area contributed by atoms with Gasteiger partial charge in [0.15, 0.2) is 0 Å². The van der Waals surface area contributed by atoms with Crippen molar-refractivity contribution in [1.82, 2.24) is 5.32 Å². The largest absolute Gasteiger partial charge is 0.481 e. The van der Waals surface area contributed by atoms with Gasteiger partial charge in [-0.2, -0.15) is 0 Å². The lowest BCUT2D eigenvalue weighted by atomic mass is 9.86. The van der Waals surface area contributed by atoms with Gasteiger partial charge in [-0.1, -0.05) is 0 Å². The summed E-state index contributed by atoms with van der Waals surface area (Å²) >= 11 is 1.45. The van der Waals surface area contributed by atoms with Crippen molar-refractivity contribution in [3.63, 3.8) is 0 Å². The number of hydrogen-bond acceptors (Lipinski definition) is 3. The first-order valence-corrected chi connectivity index (χ1v) is 7.03. The van der Waals surface area contributed by atoms with Crippen molar-refractivity contribution >= 4 is 23.2 Å².